The van der Waals surface area contributed by atoms with E-state index in [1.165, 1.54) is 23.1 Å². The molecule has 2 aliphatic rings. The first-order chi connectivity index (χ1) is 17.6. The van der Waals surface area contributed by atoms with E-state index in [1.54, 1.807) is 30.0 Å². The molecule has 4 rings (SSSR count). The molecule has 196 valence electrons. The molecule has 0 spiro atoms. The Morgan fingerprint density at radius 2 is 1.84 bits per heavy atom. The second-order valence-corrected chi connectivity index (χ2v) is 11.6. The predicted octanol–water partition coefficient (Wildman–Crippen LogP) is 5.08. The van der Waals surface area contributed by atoms with Crippen LogP contribution in [0, 0.1) is 10.1 Å². The van der Waals surface area contributed by atoms with Crippen LogP contribution in [-0.2, 0) is 10.2 Å². The van der Waals surface area contributed by atoms with E-state index in [4.69, 9.17) is 4.74 Å². The highest BCUT2D eigenvalue weighted by atomic mass is 32.2. The van der Waals surface area contributed by atoms with Gasteiger partial charge < -0.3 is 10.1 Å². The lowest BCUT2D eigenvalue weighted by molar-refractivity contribution is -0.385. The predicted molar refractivity (Wildman–Crippen MR) is 141 cm³/mol. The molecule has 2 fully saturated rings. The highest BCUT2D eigenvalue weighted by Crippen LogP contribution is 2.38. The van der Waals surface area contributed by atoms with E-state index >= 15 is 0 Å². The van der Waals surface area contributed by atoms with Crippen molar-refractivity contribution < 1.29 is 24.0 Å². The molecule has 2 aliphatic heterocycles. The Morgan fingerprint density at radius 1 is 1.14 bits per heavy atom. The zero-order valence-corrected chi connectivity index (χ0v) is 22.0. The van der Waals surface area contributed by atoms with Gasteiger partial charge in [-0.25, -0.2) is 4.79 Å². The van der Waals surface area contributed by atoms with Gasteiger partial charge in [-0.3, -0.25) is 24.6 Å². The molecule has 0 radical (unpaired) electrons. The standard InChI is InChI=1S/C27H31N3O6S/c1-27(2,3)18-14-12-17(13-15-18)25(32)29-20-16-37-22(24(20)28-26(29)33)10-6-7-11-23(31)36-21-9-5-4-8-19(21)30(34)35/h4-5,8-9,12-15,20,22,24H,6-7,10-11,16H2,1-3H3,(H,28,33). The van der Waals surface area contributed by atoms with Gasteiger partial charge in [-0.15, -0.1) is 0 Å². The van der Waals surface area contributed by atoms with Crippen LogP contribution < -0.4 is 10.1 Å². The Labute approximate surface area is 220 Å². The molecule has 2 heterocycles. The number of amides is 3. The fraction of sp³-hybridized carbons (Fsp3) is 0.444. The average molecular weight is 526 g/mol. The molecule has 0 aromatic heterocycles. The van der Waals surface area contributed by atoms with Crippen molar-refractivity contribution in [2.24, 2.45) is 0 Å². The summed E-state index contributed by atoms with van der Waals surface area (Å²) in [6.45, 7) is 6.32. The molecule has 0 aliphatic carbocycles. The van der Waals surface area contributed by atoms with Gasteiger partial charge in [0.2, 0.25) is 5.75 Å². The second kappa shape index (κ2) is 10.9. The summed E-state index contributed by atoms with van der Waals surface area (Å²) in [6, 6.07) is 12.5. The van der Waals surface area contributed by atoms with E-state index in [0.717, 1.165) is 18.4 Å². The van der Waals surface area contributed by atoms with Crippen molar-refractivity contribution in [2.45, 2.75) is 69.2 Å². The van der Waals surface area contributed by atoms with E-state index < -0.39 is 10.9 Å². The number of unbranched alkanes of at least 4 members (excludes halogenated alkanes) is 1. The van der Waals surface area contributed by atoms with Crippen LogP contribution in [0.15, 0.2) is 48.5 Å². The first kappa shape index (κ1) is 26.7. The Kier molecular flexibility index (Phi) is 7.87. The van der Waals surface area contributed by atoms with Crippen LogP contribution in [0.3, 0.4) is 0 Å². The van der Waals surface area contributed by atoms with Crippen molar-refractivity contribution in [3.8, 4) is 5.75 Å². The van der Waals surface area contributed by atoms with Crippen molar-refractivity contribution >= 4 is 35.4 Å². The molecule has 3 atom stereocenters. The van der Waals surface area contributed by atoms with Crippen molar-refractivity contribution in [3.05, 3.63) is 69.8 Å². The number of carbonyl (C=O) groups excluding carboxylic acids is 3. The number of ether oxygens (including phenoxy) is 1. The molecular formula is C27H31N3O6S. The van der Waals surface area contributed by atoms with Gasteiger partial charge in [0.25, 0.3) is 5.91 Å². The van der Waals surface area contributed by atoms with E-state index in [0.29, 0.717) is 17.7 Å². The maximum atomic E-state index is 13.2. The number of imide groups is 1. The van der Waals surface area contributed by atoms with Gasteiger partial charge in [-0.1, -0.05) is 51.5 Å². The number of rotatable bonds is 8. The molecule has 3 unspecified atom stereocenters. The minimum Gasteiger partial charge on any atom is -0.419 e. The molecule has 0 saturated carbocycles. The second-order valence-electron chi connectivity index (χ2n) is 10.4. The number of carbonyl (C=O) groups is 3. The normalized spacial score (nSPS) is 20.9. The van der Waals surface area contributed by atoms with Crippen LogP contribution in [0.2, 0.25) is 0 Å². The number of nitrogens with zero attached hydrogens (tertiary/aromatic N) is 2. The number of thioether (sulfide) groups is 1. The van der Waals surface area contributed by atoms with Gasteiger partial charge >= 0.3 is 17.7 Å². The van der Waals surface area contributed by atoms with Crippen molar-refractivity contribution in [3.63, 3.8) is 0 Å². The number of nitrogens with one attached hydrogen (secondary N) is 1. The van der Waals surface area contributed by atoms with Gasteiger partial charge in [-0.2, -0.15) is 11.8 Å². The fourth-order valence-electron chi connectivity index (χ4n) is 4.70. The van der Waals surface area contributed by atoms with Crippen molar-refractivity contribution in [1.29, 1.82) is 0 Å². The summed E-state index contributed by atoms with van der Waals surface area (Å²) < 4.78 is 5.18. The first-order valence-corrected chi connectivity index (χ1v) is 13.4. The lowest BCUT2D eigenvalue weighted by Crippen LogP contribution is -2.41. The number of hydrogen-bond acceptors (Lipinski definition) is 7. The van der Waals surface area contributed by atoms with Crippen LogP contribution in [-0.4, -0.2) is 50.8 Å². The first-order valence-electron chi connectivity index (χ1n) is 12.4. The third kappa shape index (κ3) is 5.95. The van der Waals surface area contributed by atoms with Crippen LogP contribution in [0.5, 0.6) is 5.75 Å². The number of para-hydroxylation sites is 2. The number of urea groups is 1. The maximum absolute atomic E-state index is 13.2. The Hall–Kier alpha value is -3.40. The Balaban J connectivity index is 1.27. The van der Waals surface area contributed by atoms with Crippen LogP contribution in [0.1, 0.15) is 62.4 Å². The third-order valence-corrected chi connectivity index (χ3v) is 8.25. The minimum atomic E-state index is -0.582. The molecule has 2 saturated heterocycles. The number of esters is 1. The maximum Gasteiger partial charge on any atom is 0.325 e. The average Bonchev–Trinajstić information content (AvgIpc) is 3.38. The van der Waals surface area contributed by atoms with E-state index in [9.17, 15) is 24.5 Å². The molecule has 9 nitrogen and oxygen atoms in total. The zero-order chi connectivity index (χ0) is 26.7. The minimum absolute atomic E-state index is 0.0246. The molecule has 2 aromatic rings. The molecule has 0 bridgehead atoms. The highest BCUT2D eigenvalue weighted by Gasteiger charge is 2.50. The quantitative estimate of drug-likeness (QED) is 0.128. The summed E-state index contributed by atoms with van der Waals surface area (Å²) >= 11 is 1.73. The lowest BCUT2D eigenvalue weighted by atomic mass is 9.86. The van der Waals surface area contributed by atoms with Crippen LogP contribution >= 0.6 is 11.8 Å². The molecule has 3 amide bonds. The van der Waals surface area contributed by atoms with Crippen molar-refractivity contribution in [1.82, 2.24) is 10.2 Å². The van der Waals surface area contributed by atoms with E-state index in [2.05, 4.69) is 26.1 Å². The number of fused-ring (bicyclic) bond motifs is 1. The smallest absolute Gasteiger partial charge is 0.325 e. The topological polar surface area (TPSA) is 119 Å². The summed E-state index contributed by atoms with van der Waals surface area (Å²) in [7, 11) is 0. The SMILES string of the molecule is CC(C)(C)c1ccc(C(=O)N2C(=O)NC3C(CCCCC(=O)Oc4ccccc4[N+](=O)[O-])SCC32)cc1. The highest BCUT2D eigenvalue weighted by molar-refractivity contribution is 8.00. The molecule has 1 N–H and O–H groups in total. The lowest BCUT2D eigenvalue weighted by Gasteiger charge is -2.22. The monoisotopic (exact) mass is 525 g/mol. The molecule has 2 aromatic carbocycles. The number of nitro groups is 1. The summed E-state index contributed by atoms with van der Waals surface area (Å²) in [5.74, 6) is -0.197. The van der Waals surface area contributed by atoms with Gasteiger partial charge in [0.05, 0.1) is 17.0 Å². The molecule has 10 heteroatoms. The van der Waals surface area contributed by atoms with Crippen LogP contribution in [0.4, 0.5) is 10.5 Å². The van der Waals surface area contributed by atoms with Crippen LogP contribution in [0.25, 0.3) is 0 Å². The number of hydrogen-bond donors (Lipinski definition) is 1. The van der Waals surface area contributed by atoms with Gasteiger partial charge in [0.15, 0.2) is 0 Å². The van der Waals surface area contributed by atoms with E-state index in [-0.39, 0.29) is 52.5 Å². The summed E-state index contributed by atoms with van der Waals surface area (Å²) in [5, 5.41) is 14.2. The summed E-state index contributed by atoms with van der Waals surface area (Å²) in [6.07, 6.45) is 2.20. The fourth-order valence-corrected chi connectivity index (χ4v) is 6.30. The zero-order valence-electron chi connectivity index (χ0n) is 21.1. The van der Waals surface area contributed by atoms with Gasteiger partial charge in [0.1, 0.15) is 0 Å². The molecular weight excluding hydrogens is 494 g/mol. The molecule has 37 heavy (non-hydrogen) atoms. The Morgan fingerprint density at radius 3 is 2.51 bits per heavy atom. The number of nitro benzene ring substituents is 1. The summed E-state index contributed by atoms with van der Waals surface area (Å²) in [5.41, 5.74) is 1.35. The third-order valence-electron chi connectivity index (χ3n) is 6.76. The van der Waals surface area contributed by atoms with Crippen molar-refractivity contribution in [2.75, 3.05) is 5.75 Å². The largest absolute Gasteiger partial charge is 0.419 e. The Bertz CT molecular complexity index is 1190. The summed E-state index contributed by atoms with van der Waals surface area (Å²) in [4.78, 5) is 49.9. The van der Waals surface area contributed by atoms with Gasteiger partial charge in [-0.05, 0) is 42.0 Å². The number of benzene rings is 2. The van der Waals surface area contributed by atoms with E-state index in [1.807, 2.05) is 12.1 Å². The van der Waals surface area contributed by atoms with Gasteiger partial charge in [0, 0.05) is 29.1 Å².